The molecule has 3 unspecified atom stereocenters. The second kappa shape index (κ2) is 5.80. The van der Waals surface area contributed by atoms with Crippen molar-refractivity contribution in [3.05, 3.63) is 0 Å². The Bertz CT molecular complexity index is 319. The third kappa shape index (κ3) is 3.69. The number of nitrogens with two attached hydrogens (primary N) is 1. The van der Waals surface area contributed by atoms with Gasteiger partial charge in [0.1, 0.15) is 0 Å². The Morgan fingerprint density at radius 1 is 1.26 bits per heavy atom. The third-order valence-corrected chi connectivity index (χ3v) is 4.89. The molecule has 1 saturated heterocycles. The van der Waals surface area contributed by atoms with Crippen LogP contribution < -0.4 is 11.1 Å². The van der Waals surface area contributed by atoms with E-state index in [1.807, 2.05) is 6.92 Å². The van der Waals surface area contributed by atoms with Crippen LogP contribution in [0.2, 0.25) is 0 Å². The van der Waals surface area contributed by atoms with E-state index in [4.69, 9.17) is 5.73 Å². The molecular formula is C15H29N3O. The number of likely N-dealkylation sites (tertiary alicyclic amines) is 1. The molecule has 1 aliphatic heterocycles. The van der Waals surface area contributed by atoms with Crippen molar-refractivity contribution in [1.82, 2.24) is 10.2 Å². The number of carbonyl (C=O) groups excluding carboxylic acids is 1. The van der Waals surface area contributed by atoms with Crippen molar-refractivity contribution in [3.8, 4) is 0 Å². The van der Waals surface area contributed by atoms with E-state index in [-0.39, 0.29) is 5.91 Å². The number of nitrogens with zero attached hydrogens (tertiary/aromatic N) is 1. The number of piperidine rings is 1. The SMILES string of the molecule is CC1CCCC(C)N1CCC(C)(NC1CC1)C(N)=O. The number of hydrogen-bond donors (Lipinski definition) is 2. The van der Waals surface area contributed by atoms with Gasteiger partial charge >= 0.3 is 0 Å². The fourth-order valence-corrected chi connectivity index (χ4v) is 3.21. The summed E-state index contributed by atoms with van der Waals surface area (Å²) in [7, 11) is 0. The number of amides is 1. The van der Waals surface area contributed by atoms with Gasteiger partial charge in [-0.3, -0.25) is 9.69 Å². The first-order valence-corrected chi connectivity index (χ1v) is 7.76. The van der Waals surface area contributed by atoms with E-state index in [0.29, 0.717) is 18.1 Å². The van der Waals surface area contributed by atoms with E-state index in [0.717, 1.165) is 13.0 Å². The Kier molecular flexibility index (Phi) is 4.51. The van der Waals surface area contributed by atoms with Crippen molar-refractivity contribution in [1.29, 1.82) is 0 Å². The molecule has 4 heteroatoms. The van der Waals surface area contributed by atoms with Gasteiger partial charge in [-0.1, -0.05) is 6.42 Å². The van der Waals surface area contributed by atoms with Gasteiger partial charge in [0.25, 0.3) is 0 Å². The van der Waals surface area contributed by atoms with E-state index < -0.39 is 5.54 Å². The average molecular weight is 267 g/mol. The normalized spacial score (nSPS) is 31.9. The first-order chi connectivity index (χ1) is 8.92. The smallest absolute Gasteiger partial charge is 0.237 e. The second-order valence-corrected chi connectivity index (χ2v) is 6.73. The molecule has 1 heterocycles. The van der Waals surface area contributed by atoms with Gasteiger partial charge in [0.2, 0.25) is 5.91 Å². The summed E-state index contributed by atoms with van der Waals surface area (Å²) in [5, 5.41) is 3.43. The predicted molar refractivity (Wildman–Crippen MR) is 77.9 cm³/mol. The van der Waals surface area contributed by atoms with Crippen LogP contribution in [0.5, 0.6) is 0 Å². The summed E-state index contributed by atoms with van der Waals surface area (Å²) in [6.07, 6.45) is 7.04. The van der Waals surface area contributed by atoms with Gasteiger partial charge in [-0.2, -0.15) is 0 Å². The Morgan fingerprint density at radius 2 is 1.84 bits per heavy atom. The van der Waals surface area contributed by atoms with Crippen LogP contribution in [-0.4, -0.2) is 41.0 Å². The van der Waals surface area contributed by atoms with Gasteiger partial charge < -0.3 is 11.1 Å². The van der Waals surface area contributed by atoms with Crippen LogP contribution in [-0.2, 0) is 4.79 Å². The van der Waals surface area contributed by atoms with Crippen LogP contribution >= 0.6 is 0 Å². The van der Waals surface area contributed by atoms with Gasteiger partial charge in [0, 0.05) is 24.7 Å². The van der Waals surface area contributed by atoms with E-state index >= 15 is 0 Å². The standard InChI is InChI=1S/C15H29N3O/c1-11-5-4-6-12(2)18(11)10-9-15(3,14(16)19)17-13-7-8-13/h11-13,17H,4-10H2,1-3H3,(H2,16,19). The van der Waals surface area contributed by atoms with Gasteiger partial charge in [0.05, 0.1) is 5.54 Å². The summed E-state index contributed by atoms with van der Waals surface area (Å²) in [5.41, 5.74) is 5.07. The lowest BCUT2D eigenvalue weighted by molar-refractivity contribution is -0.124. The minimum absolute atomic E-state index is 0.211. The second-order valence-electron chi connectivity index (χ2n) is 6.73. The average Bonchev–Trinajstić information content (AvgIpc) is 3.12. The summed E-state index contributed by atoms with van der Waals surface area (Å²) >= 11 is 0. The maximum Gasteiger partial charge on any atom is 0.237 e. The molecule has 1 amide bonds. The summed E-state index contributed by atoms with van der Waals surface area (Å²) in [4.78, 5) is 14.3. The number of rotatable bonds is 6. The van der Waals surface area contributed by atoms with Gasteiger partial charge in [-0.05, 0) is 52.9 Å². The molecular weight excluding hydrogens is 238 g/mol. The molecule has 0 bridgehead atoms. The zero-order valence-electron chi connectivity index (χ0n) is 12.6. The zero-order chi connectivity index (χ0) is 14.0. The van der Waals surface area contributed by atoms with Crippen LogP contribution in [0.25, 0.3) is 0 Å². The lowest BCUT2D eigenvalue weighted by Gasteiger charge is -2.41. The Hall–Kier alpha value is -0.610. The third-order valence-electron chi connectivity index (χ3n) is 4.89. The fourth-order valence-electron chi connectivity index (χ4n) is 3.21. The number of primary amides is 1. The summed E-state index contributed by atoms with van der Waals surface area (Å²) in [5.74, 6) is -0.211. The molecule has 1 saturated carbocycles. The minimum atomic E-state index is -0.544. The minimum Gasteiger partial charge on any atom is -0.368 e. The molecule has 2 rings (SSSR count). The molecule has 3 N–H and O–H groups in total. The highest BCUT2D eigenvalue weighted by atomic mass is 16.1. The molecule has 4 nitrogen and oxygen atoms in total. The molecule has 3 atom stereocenters. The Morgan fingerprint density at radius 3 is 2.32 bits per heavy atom. The highest BCUT2D eigenvalue weighted by Gasteiger charge is 2.38. The maximum atomic E-state index is 11.8. The summed E-state index contributed by atoms with van der Waals surface area (Å²) < 4.78 is 0. The number of carbonyl (C=O) groups is 1. The quantitative estimate of drug-likeness (QED) is 0.769. The van der Waals surface area contributed by atoms with Gasteiger partial charge in [-0.15, -0.1) is 0 Å². The molecule has 2 fully saturated rings. The summed E-state index contributed by atoms with van der Waals surface area (Å²) in [6.45, 7) is 7.52. The first-order valence-electron chi connectivity index (χ1n) is 7.76. The van der Waals surface area contributed by atoms with Crippen molar-refractivity contribution >= 4 is 5.91 Å². The maximum absolute atomic E-state index is 11.8. The van der Waals surface area contributed by atoms with Crippen LogP contribution in [0.15, 0.2) is 0 Å². The first kappa shape index (κ1) is 14.8. The predicted octanol–water partition coefficient (Wildman–Crippen LogP) is 1.64. The van der Waals surface area contributed by atoms with E-state index in [1.54, 1.807) is 0 Å². The Balaban J connectivity index is 1.91. The highest BCUT2D eigenvalue weighted by Crippen LogP contribution is 2.27. The Labute approximate surface area is 117 Å². The number of hydrogen-bond acceptors (Lipinski definition) is 3. The van der Waals surface area contributed by atoms with Crippen molar-refractivity contribution in [2.24, 2.45) is 5.73 Å². The van der Waals surface area contributed by atoms with Crippen molar-refractivity contribution in [2.45, 2.75) is 83.0 Å². The monoisotopic (exact) mass is 267 g/mol. The molecule has 1 aliphatic carbocycles. The van der Waals surface area contributed by atoms with Crippen molar-refractivity contribution in [2.75, 3.05) is 6.54 Å². The number of nitrogens with one attached hydrogen (secondary N) is 1. The molecule has 19 heavy (non-hydrogen) atoms. The van der Waals surface area contributed by atoms with E-state index in [9.17, 15) is 4.79 Å². The van der Waals surface area contributed by atoms with Crippen LogP contribution in [0.3, 0.4) is 0 Å². The van der Waals surface area contributed by atoms with E-state index in [2.05, 4.69) is 24.1 Å². The van der Waals surface area contributed by atoms with Crippen molar-refractivity contribution < 1.29 is 4.79 Å². The molecule has 0 aromatic carbocycles. The van der Waals surface area contributed by atoms with Crippen LogP contribution in [0, 0.1) is 0 Å². The largest absolute Gasteiger partial charge is 0.368 e. The molecule has 0 radical (unpaired) electrons. The van der Waals surface area contributed by atoms with E-state index in [1.165, 1.54) is 32.1 Å². The van der Waals surface area contributed by atoms with Crippen molar-refractivity contribution in [3.63, 3.8) is 0 Å². The molecule has 2 aliphatic rings. The lowest BCUT2D eigenvalue weighted by atomic mass is 9.92. The molecule has 0 spiro atoms. The van der Waals surface area contributed by atoms with Crippen LogP contribution in [0.4, 0.5) is 0 Å². The molecule has 0 aromatic heterocycles. The lowest BCUT2D eigenvalue weighted by Crippen LogP contribution is -2.56. The molecule has 110 valence electrons. The van der Waals surface area contributed by atoms with Crippen LogP contribution in [0.1, 0.15) is 59.3 Å². The topological polar surface area (TPSA) is 58.4 Å². The highest BCUT2D eigenvalue weighted by molar-refractivity contribution is 5.84. The van der Waals surface area contributed by atoms with Gasteiger partial charge in [0.15, 0.2) is 0 Å². The fraction of sp³-hybridized carbons (Fsp3) is 0.933. The zero-order valence-corrected chi connectivity index (χ0v) is 12.6. The molecule has 0 aromatic rings. The summed E-state index contributed by atoms with van der Waals surface area (Å²) in [6, 6.07) is 1.76. The van der Waals surface area contributed by atoms with Gasteiger partial charge in [-0.25, -0.2) is 0 Å².